The summed E-state index contributed by atoms with van der Waals surface area (Å²) in [7, 11) is 0. The summed E-state index contributed by atoms with van der Waals surface area (Å²) >= 11 is 0. The molecule has 6 heteroatoms. The van der Waals surface area contributed by atoms with Crippen LogP contribution in [0.2, 0.25) is 0 Å². The van der Waals surface area contributed by atoms with Gasteiger partial charge in [0.1, 0.15) is 5.75 Å². The van der Waals surface area contributed by atoms with Crippen LogP contribution in [0, 0.1) is 0 Å². The molecule has 27 heavy (non-hydrogen) atoms. The summed E-state index contributed by atoms with van der Waals surface area (Å²) in [6.07, 6.45) is 2.33. The minimum atomic E-state index is 0.361. The van der Waals surface area contributed by atoms with E-state index in [1.807, 2.05) is 18.2 Å². The maximum absolute atomic E-state index is 10.1. The average molecular weight is 376 g/mol. The largest absolute Gasteiger partial charge is 0.506 e. The van der Waals surface area contributed by atoms with Crippen LogP contribution in [0.3, 0.4) is 0 Å². The van der Waals surface area contributed by atoms with E-state index in [-0.39, 0.29) is 0 Å². The van der Waals surface area contributed by atoms with Gasteiger partial charge >= 0.3 is 0 Å². The molecule has 1 aromatic carbocycles. The van der Waals surface area contributed by atoms with Gasteiger partial charge in [0.25, 0.3) is 0 Å². The smallest absolute Gasteiger partial charge is 0.194 e. The molecule has 0 aliphatic carbocycles. The van der Waals surface area contributed by atoms with Gasteiger partial charge in [-0.2, -0.15) is 0 Å². The van der Waals surface area contributed by atoms with Crippen LogP contribution >= 0.6 is 0 Å². The molecule has 2 N–H and O–H groups in total. The molecule has 0 amide bonds. The number of nitrogens with one attached hydrogen (secondary N) is 1. The number of guanidine groups is 1. The van der Waals surface area contributed by atoms with E-state index in [0.717, 1.165) is 77.0 Å². The summed E-state index contributed by atoms with van der Waals surface area (Å²) in [4.78, 5) is 11.9. The molecule has 1 aromatic rings. The molecule has 6 nitrogen and oxygen atoms in total. The number of piperazine rings is 1. The van der Waals surface area contributed by atoms with Crippen molar-refractivity contribution in [2.75, 3.05) is 63.8 Å². The number of aliphatic imine (C=N–C) groups is 1. The van der Waals surface area contributed by atoms with Crippen molar-refractivity contribution in [1.29, 1.82) is 0 Å². The third kappa shape index (κ3) is 6.61. The number of nitrogens with zero attached hydrogens (tertiary/aromatic N) is 4. The van der Waals surface area contributed by atoms with E-state index in [1.54, 1.807) is 6.07 Å². The zero-order valence-electron chi connectivity index (χ0n) is 17.3. The molecule has 0 radical (unpaired) electrons. The van der Waals surface area contributed by atoms with Crippen LogP contribution in [0.5, 0.6) is 5.75 Å². The molecule has 0 bridgehead atoms. The van der Waals surface area contributed by atoms with Gasteiger partial charge in [-0.05, 0) is 51.5 Å². The van der Waals surface area contributed by atoms with Crippen molar-refractivity contribution in [3.8, 4) is 5.75 Å². The van der Waals surface area contributed by atoms with Crippen LogP contribution in [0.25, 0.3) is 0 Å². The molecular formula is C21H37N5O. The fourth-order valence-electron chi connectivity index (χ4n) is 3.49. The Bertz CT molecular complexity index is 565. The summed E-state index contributed by atoms with van der Waals surface area (Å²) in [5.74, 6) is 1.39. The maximum atomic E-state index is 10.1. The minimum Gasteiger partial charge on any atom is -0.506 e. The summed E-state index contributed by atoms with van der Waals surface area (Å²) < 4.78 is 0. The van der Waals surface area contributed by atoms with E-state index in [9.17, 15) is 5.11 Å². The molecule has 0 spiro atoms. The Balaban J connectivity index is 1.82. The Labute approximate surface area is 164 Å². The van der Waals surface area contributed by atoms with Crippen molar-refractivity contribution >= 4 is 11.6 Å². The summed E-state index contributed by atoms with van der Waals surface area (Å²) in [6.45, 7) is 15.4. The Morgan fingerprint density at radius 2 is 1.78 bits per heavy atom. The molecule has 2 rings (SSSR count). The van der Waals surface area contributed by atoms with Crippen LogP contribution in [0.1, 0.15) is 33.6 Å². The van der Waals surface area contributed by atoms with Gasteiger partial charge in [-0.1, -0.05) is 26.0 Å². The van der Waals surface area contributed by atoms with E-state index < -0.39 is 0 Å². The van der Waals surface area contributed by atoms with E-state index in [2.05, 4.69) is 40.8 Å². The summed E-state index contributed by atoms with van der Waals surface area (Å²) in [6, 6.07) is 7.59. The van der Waals surface area contributed by atoms with Crippen LogP contribution < -0.4 is 10.2 Å². The highest BCUT2D eigenvalue weighted by Crippen LogP contribution is 2.27. The lowest BCUT2D eigenvalue weighted by Gasteiger charge is -2.37. The van der Waals surface area contributed by atoms with E-state index >= 15 is 0 Å². The summed E-state index contributed by atoms with van der Waals surface area (Å²) in [5.41, 5.74) is 0.926. The number of anilines is 1. The van der Waals surface area contributed by atoms with Gasteiger partial charge in [0, 0.05) is 39.3 Å². The topological polar surface area (TPSA) is 54.3 Å². The Morgan fingerprint density at radius 1 is 1.07 bits per heavy atom. The monoisotopic (exact) mass is 375 g/mol. The first-order valence-electron chi connectivity index (χ1n) is 10.5. The number of hydrogen-bond acceptors (Lipinski definition) is 4. The van der Waals surface area contributed by atoms with Crippen molar-refractivity contribution in [2.24, 2.45) is 4.99 Å². The molecule has 0 saturated carbocycles. The van der Waals surface area contributed by atoms with Gasteiger partial charge < -0.3 is 25.1 Å². The molecule has 0 aromatic heterocycles. The molecule has 152 valence electrons. The molecule has 1 heterocycles. The highest BCUT2D eigenvalue weighted by Gasteiger charge is 2.21. The Hall–Kier alpha value is -1.95. The standard InChI is InChI=1S/C21H37N5O/c1-4-22-21(23-13-9-10-14-24(5-2)6-3)26-17-15-25(16-18-26)19-11-7-8-12-20(19)27/h7-8,11-12,27H,4-6,9-10,13-18H2,1-3H3,(H,22,23). The number of hydrogen-bond donors (Lipinski definition) is 2. The number of aromatic hydroxyl groups is 1. The van der Waals surface area contributed by atoms with E-state index in [4.69, 9.17) is 4.99 Å². The highest BCUT2D eigenvalue weighted by atomic mass is 16.3. The molecule has 1 aliphatic rings. The second-order valence-corrected chi connectivity index (χ2v) is 6.93. The molecule has 1 saturated heterocycles. The minimum absolute atomic E-state index is 0.361. The number of phenolic OH excluding ortho intramolecular Hbond substituents is 1. The van der Waals surface area contributed by atoms with Crippen molar-refractivity contribution < 1.29 is 5.11 Å². The second-order valence-electron chi connectivity index (χ2n) is 6.93. The third-order valence-corrected chi connectivity index (χ3v) is 5.17. The Kier molecular flexibility index (Phi) is 9.25. The second kappa shape index (κ2) is 11.7. The van der Waals surface area contributed by atoms with Gasteiger partial charge in [-0.3, -0.25) is 4.99 Å². The lowest BCUT2D eigenvalue weighted by atomic mass is 10.2. The predicted octanol–water partition coefficient (Wildman–Crippen LogP) is 2.60. The van der Waals surface area contributed by atoms with Crippen LogP contribution in [0.15, 0.2) is 29.3 Å². The summed E-state index contributed by atoms with van der Waals surface area (Å²) in [5, 5.41) is 13.5. The highest BCUT2D eigenvalue weighted by molar-refractivity contribution is 5.80. The lowest BCUT2D eigenvalue weighted by molar-refractivity contribution is 0.297. The van der Waals surface area contributed by atoms with E-state index in [0.29, 0.717) is 5.75 Å². The maximum Gasteiger partial charge on any atom is 0.194 e. The van der Waals surface area contributed by atoms with Crippen LogP contribution in [0.4, 0.5) is 5.69 Å². The van der Waals surface area contributed by atoms with E-state index in [1.165, 1.54) is 6.42 Å². The quantitative estimate of drug-likeness (QED) is 0.395. The normalized spacial score (nSPS) is 15.5. The predicted molar refractivity (Wildman–Crippen MR) is 115 cm³/mol. The first-order valence-corrected chi connectivity index (χ1v) is 10.5. The number of rotatable bonds is 9. The van der Waals surface area contributed by atoms with Gasteiger partial charge in [0.05, 0.1) is 5.69 Å². The van der Waals surface area contributed by atoms with Gasteiger partial charge in [-0.25, -0.2) is 0 Å². The molecular weight excluding hydrogens is 338 g/mol. The molecule has 0 unspecified atom stereocenters. The average Bonchev–Trinajstić information content (AvgIpc) is 2.70. The molecule has 0 atom stereocenters. The first kappa shape index (κ1) is 21.4. The van der Waals surface area contributed by atoms with Gasteiger partial charge in [-0.15, -0.1) is 0 Å². The van der Waals surface area contributed by atoms with Crippen molar-refractivity contribution in [2.45, 2.75) is 33.6 Å². The zero-order valence-corrected chi connectivity index (χ0v) is 17.3. The third-order valence-electron chi connectivity index (χ3n) is 5.17. The fraction of sp³-hybridized carbons (Fsp3) is 0.667. The van der Waals surface area contributed by atoms with Gasteiger partial charge in [0.15, 0.2) is 5.96 Å². The first-order chi connectivity index (χ1) is 13.2. The number of phenols is 1. The fourth-order valence-corrected chi connectivity index (χ4v) is 3.49. The SMILES string of the molecule is CCNC(=NCCCCN(CC)CC)N1CCN(c2ccccc2O)CC1. The number of para-hydroxylation sites is 2. The van der Waals surface area contributed by atoms with Crippen molar-refractivity contribution in [3.63, 3.8) is 0 Å². The Morgan fingerprint density at radius 3 is 2.41 bits per heavy atom. The van der Waals surface area contributed by atoms with Crippen molar-refractivity contribution in [3.05, 3.63) is 24.3 Å². The van der Waals surface area contributed by atoms with Crippen molar-refractivity contribution in [1.82, 2.24) is 15.1 Å². The van der Waals surface area contributed by atoms with Gasteiger partial charge in [0.2, 0.25) is 0 Å². The lowest BCUT2D eigenvalue weighted by Crippen LogP contribution is -2.52. The number of unbranched alkanes of at least 4 members (excludes halogenated alkanes) is 1. The number of benzene rings is 1. The van der Waals surface area contributed by atoms with Crippen LogP contribution in [-0.4, -0.2) is 79.8 Å². The molecule has 1 aliphatic heterocycles. The molecule has 1 fully saturated rings. The zero-order chi connectivity index (χ0) is 19.5. The van der Waals surface area contributed by atoms with Crippen LogP contribution in [-0.2, 0) is 0 Å².